The van der Waals surface area contributed by atoms with E-state index in [0.29, 0.717) is 11.5 Å². The largest absolute Gasteiger partial charge is 0.373 e. The summed E-state index contributed by atoms with van der Waals surface area (Å²) in [5, 5.41) is 0. The standard InChI is InChI=1S/C12H22O/c1-12(2)7-5-10(6-8-12)3-4-11-9-13-11/h10-11H,3-9H2,1-2H3. The second-order valence-corrected chi connectivity index (χ2v) is 5.64. The number of epoxide rings is 1. The molecule has 2 rings (SSSR count). The number of rotatable bonds is 3. The molecule has 0 aromatic rings. The minimum Gasteiger partial charge on any atom is -0.373 e. The molecule has 2 aliphatic rings. The first kappa shape index (κ1) is 9.51. The fraction of sp³-hybridized carbons (Fsp3) is 1.00. The van der Waals surface area contributed by atoms with Crippen molar-refractivity contribution in [3.05, 3.63) is 0 Å². The summed E-state index contributed by atoms with van der Waals surface area (Å²) in [6, 6.07) is 0. The SMILES string of the molecule is CC1(C)CCC(CCC2CO2)CC1. The van der Waals surface area contributed by atoms with Gasteiger partial charge in [-0.1, -0.05) is 13.8 Å². The fourth-order valence-corrected chi connectivity index (χ4v) is 2.40. The Balaban J connectivity index is 1.65. The Bertz CT molecular complexity index is 157. The van der Waals surface area contributed by atoms with Gasteiger partial charge in [0.25, 0.3) is 0 Å². The lowest BCUT2D eigenvalue weighted by molar-refractivity contribution is 0.181. The van der Waals surface area contributed by atoms with Gasteiger partial charge in [0.1, 0.15) is 0 Å². The second kappa shape index (κ2) is 3.61. The van der Waals surface area contributed by atoms with E-state index in [0.717, 1.165) is 12.5 Å². The van der Waals surface area contributed by atoms with E-state index >= 15 is 0 Å². The van der Waals surface area contributed by atoms with Crippen LogP contribution in [0, 0.1) is 11.3 Å². The summed E-state index contributed by atoms with van der Waals surface area (Å²) in [7, 11) is 0. The van der Waals surface area contributed by atoms with Crippen LogP contribution in [0.15, 0.2) is 0 Å². The predicted molar refractivity (Wildman–Crippen MR) is 54.7 cm³/mol. The first-order chi connectivity index (χ1) is 6.16. The van der Waals surface area contributed by atoms with E-state index in [-0.39, 0.29) is 0 Å². The quantitative estimate of drug-likeness (QED) is 0.610. The zero-order valence-electron chi connectivity index (χ0n) is 9.01. The van der Waals surface area contributed by atoms with Crippen LogP contribution in [0.3, 0.4) is 0 Å². The van der Waals surface area contributed by atoms with Gasteiger partial charge in [-0.3, -0.25) is 0 Å². The van der Waals surface area contributed by atoms with Crippen molar-refractivity contribution in [1.82, 2.24) is 0 Å². The van der Waals surface area contributed by atoms with Gasteiger partial charge in [-0.2, -0.15) is 0 Å². The molecule has 0 amide bonds. The second-order valence-electron chi connectivity index (χ2n) is 5.64. The van der Waals surface area contributed by atoms with E-state index in [1.807, 2.05) is 0 Å². The highest BCUT2D eigenvalue weighted by Gasteiger charge is 2.29. The van der Waals surface area contributed by atoms with E-state index in [1.54, 1.807) is 0 Å². The molecule has 2 fully saturated rings. The molecule has 0 spiro atoms. The number of hydrogen-bond donors (Lipinski definition) is 0. The van der Waals surface area contributed by atoms with Gasteiger partial charge in [-0.25, -0.2) is 0 Å². The predicted octanol–water partition coefficient (Wildman–Crippen LogP) is 3.38. The summed E-state index contributed by atoms with van der Waals surface area (Å²) in [6.07, 6.45) is 9.17. The summed E-state index contributed by atoms with van der Waals surface area (Å²) >= 11 is 0. The maximum absolute atomic E-state index is 5.24. The van der Waals surface area contributed by atoms with Crippen molar-refractivity contribution in [3.8, 4) is 0 Å². The molecule has 1 atom stereocenters. The molecule has 0 aromatic carbocycles. The molecular formula is C12H22O. The lowest BCUT2D eigenvalue weighted by Gasteiger charge is -2.34. The van der Waals surface area contributed by atoms with Crippen molar-refractivity contribution in [3.63, 3.8) is 0 Å². The van der Waals surface area contributed by atoms with Gasteiger partial charge in [0.2, 0.25) is 0 Å². The highest BCUT2D eigenvalue weighted by Crippen LogP contribution is 2.40. The molecule has 13 heavy (non-hydrogen) atoms. The van der Waals surface area contributed by atoms with Crippen molar-refractivity contribution in [2.75, 3.05) is 6.61 Å². The lowest BCUT2D eigenvalue weighted by atomic mass is 9.72. The highest BCUT2D eigenvalue weighted by atomic mass is 16.6. The monoisotopic (exact) mass is 182 g/mol. The molecule has 1 saturated heterocycles. The van der Waals surface area contributed by atoms with Crippen LogP contribution in [0.25, 0.3) is 0 Å². The van der Waals surface area contributed by atoms with E-state index in [9.17, 15) is 0 Å². The molecule has 0 radical (unpaired) electrons. The van der Waals surface area contributed by atoms with Gasteiger partial charge in [-0.05, 0) is 49.9 Å². The molecular weight excluding hydrogens is 160 g/mol. The van der Waals surface area contributed by atoms with Crippen molar-refractivity contribution in [1.29, 1.82) is 0 Å². The van der Waals surface area contributed by atoms with Crippen LogP contribution in [0.2, 0.25) is 0 Å². The lowest BCUT2D eigenvalue weighted by Crippen LogP contribution is -2.21. The van der Waals surface area contributed by atoms with E-state index in [2.05, 4.69) is 13.8 Å². The molecule has 0 aromatic heterocycles. The third-order valence-corrected chi connectivity index (χ3v) is 3.76. The van der Waals surface area contributed by atoms with Crippen LogP contribution in [-0.2, 0) is 4.74 Å². The molecule has 1 aliphatic carbocycles. The average molecular weight is 182 g/mol. The van der Waals surface area contributed by atoms with Gasteiger partial charge >= 0.3 is 0 Å². The Morgan fingerprint density at radius 2 is 1.77 bits per heavy atom. The van der Waals surface area contributed by atoms with Gasteiger partial charge in [0.05, 0.1) is 12.7 Å². The van der Waals surface area contributed by atoms with E-state index in [1.165, 1.54) is 38.5 Å². The van der Waals surface area contributed by atoms with Crippen LogP contribution >= 0.6 is 0 Å². The molecule has 0 N–H and O–H groups in total. The van der Waals surface area contributed by atoms with Crippen LogP contribution in [-0.4, -0.2) is 12.7 Å². The zero-order chi connectivity index (χ0) is 9.31. The molecule has 76 valence electrons. The number of hydrogen-bond acceptors (Lipinski definition) is 1. The van der Waals surface area contributed by atoms with Gasteiger partial charge in [-0.15, -0.1) is 0 Å². The van der Waals surface area contributed by atoms with Crippen molar-refractivity contribution in [2.24, 2.45) is 11.3 Å². The normalized spacial score (nSPS) is 33.2. The molecule has 1 heteroatoms. The summed E-state index contributed by atoms with van der Waals surface area (Å²) in [5.41, 5.74) is 0.632. The Labute approximate surface area is 81.9 Å². The maximum Gasteiger partial charge on any atom is 0.0810 e. The molecule has 1 nitrogen and oxygen atoms in total. The highest BCUT2D eigenvalue weighted by molar-refractivity contribution is 4.80. The van der Waals surface area contributed by atoms with Gasteiger partial charge in [0.15, 0.2) is 0 Å². The van der Waals surface area contributed by atoms with Crippen LogP contribution in [0.1, 0.15) is 52.4 Å². The Morgan fingerprint density at radius 1 is 1.15 bits per heavy atom. The summed E-state index contributed by atoms with van der Waals surface area (Å²) < 4.78 is 5.24. The Hall–Kier alpha value is -0.0400. The first-order valence-corrected chi connectivity index (χ1v) is 5.77. The smallest absolute Gasteiger partial charge is 0.0810 e. The third kappa shape index (κ3) is 2.98. The molecule has 1 unspecified atom stereocenters. The first-order valence-electron chi connectivity index (χ1n) is 5.77. The minimum atomic E-state index is 0.632. The summed E-state index contributed by atoms with van der Waals surface area (Å²) in [4.78, 5) is 0. The van der Waals surface area contributed by atoms with Crippen molar-refractivity contribution >= 4 is 0 Å². The molecule has 1 saturated carbocycles. The van der Waals surface area contributed by atoms with E-state index < -0.39 is 0 Å². The van der Waals surface area contributed by atoms with Gasteiger partial charge in [0, 0.05) is 0 Å². The van der Waals surface area contributed by atoms with E-state index in [4.69, 9.17) is 4.74 Å². The maximum atomic E-state index is 5.24. The fourth-order valence-electron chi connectivity index (χ4n) is 2.40. The molecule has 1 aliphatic heterocycles. The molecule has 1 heterocycles. The summed E-state index contributed by atoms with van der Waals surface area (Å²) in [6.45, 7) is 5.86. The van der Waals surface area contributed by atoms with Crippen molar-refractivity contribution < 1.29 is 4.74 Å². The average Bonchev–Trinajstić information content (AvgIpc) is 2.86. The van der Waals surface area contributed by atoms with Crippen LogP contribution in [0.5, 0.6) is 0 Å². The van der Waals surface area contributed by atoms with Crippen LogP contribution in [0.4, 0.5) is 0 Å². The van der Waals surface area contributed by atoms with Crippen molar-refractivity contribution in [2.45, 2.75) is 58.5 Å². The van der Waals surface area contributed by atoms with Gasteiger partial charge < -0.3 is 4.74 Å². The summed E-state index contributed by atoms with van der Waals surface area (Å²) in [5.74, 6) is 1.01. The van der Waals surface area contributed by atoms with Crippen LogP contribution < -0.4 is 0 Å². The third-order valence-electron chi connectivity index (χ3n) is 3.76. The Morgan fingerprint density at radius 3 is 2.31 bits per heavy atom. The number of ether oxygens (including phenoxy) is 1. The topological polar surface area (TPSA) is 12.5 Å². The molecule has 0 bridgehead atoms. The zero-order valence-corrected chi connectivity index (χ0v) is 9.01. The minimum absolute atomic E-state index is 0.632. The Kier molecular flexibility index (Phi) is 2.64.